The lowest BCUT2D eigenvalue weighted by Crippen LogP contribution is -1.97. The van der Waals surface area contributed by atoms with Crippen LogP contribution in [-0.2, 0) is 0 Å². The van der Waals surface area contributed by atoms with Gasteiger partial charge in [-0.15, -0.1) is 0 Å². The Bertz CT molecular complexity index is 3170. The van der Waals surface area contributed by atoms with Gasteiger partial charge in [-0.3, -0.25) is 0 Å². The largest absolute Gasteiger partial charge is 0.309 e. The fourth-order valence-corrected chi connectivity index (χ4v) is 8.27. The van der Waals surface area contributed by atoms with Gasteiger partial charge in [0, 0.05) is 49.4 Å². The second-order valence-electron chi connectivity index (χ2n) is 13.4. The van der Waals surface area contributed by atoms with Gasteiger partial charge in [-0.1, -0.05) is 127 Å². The van der Waals surface area contributed by atoms with Crippen LogP contribution in [-0.4, -0.2) is 19.1 Å². The highest BCUT2D eigenvalue weighted by Gasteiger charge is 2.21. The highest BCUT2D eigenvalue weighted by atomic mass is 15.0. The molecule has 11 aromatic rings. The van der Waals surface area contributed by atoms with Crippen LogP contribution in [0.15, 0.2) is 182 Å². The summed E-state index contributed by atoms with van der Waals surface area (Å²) in [7, 11) is 0. The molecule has 11 rings (SSSR count). The summed E-state index contributed by atoms with van der Waals surface area (Å²) in [6.07, 6.45) is 0. The van der Waals surface area contributed by atoms with E-state index >= 15 is 0 Å². The van der Waals surface area contributed by atoms with E-state index in [2.05, 4.69) is 179 Å². The van der Waals surface area contributed by atoms with Gasteiger partial charge in [0.15, 0.2) is 5.82 Å². The molecule has 0 N–H and O–H groups in total. The van der Waals surface area contributed by atoms with E-state index in [4.69, 9.17) is 9.97 Å². The van der Waals surface area contributed by atoms with Gasteiger partial charge < -0.3 is 9.13 Å². The summed E-state index contributed by atoms with van der Waals surface area (Å²) in [5.41, 5.74) is 11.0. The van der Waals surface area contributed by atoms with Crippen LogP contribution in [0.2, 0.25) is 0 Å². The summed E-state index contributed by atoms with van der Waals surface area (Å²) in [5.74, 6) is 0.727. The molecule has 0 aliphatic carbocycles. The number of para-hydroxylation sites is 4. The molecule has 0 aliphatic heterocycles. The molecule has 0 unspecified atom stereocenters. The van der Waals surface area contributed by atoms with Gasteiger partial charge in [0.2, 0.25) is 0 Å². The van der Waals surface area contributed by atoms with Crippen LogP contribution in [0.1, 0.15) is 0 Å². The van der Waals surface area contributed by atoms with E-state index in [1.807, 2.05) is 12.1 Å². The predicted molar refractivity (Wildman–Crippen MR) is 217 cm³/mol. The number of benzene rings is 8. The molecular weight excluding hydrogens is 633 g/mol. The summed E-state index contributed by atoms with van der Waals surface area (Å²) in [5, 5.41) is 8.35. The van der Waals surface area contributed by atoms with Gasteiger partial charge in [0.1, 0.15) is 0 Å². The zero-order chi connectivity index (χ0) is 34.2. The Kier molecular flexibility index (Phi) is 6.22. The van der Waals surface area contributed by atoms with Crippen molar-refractivity contribution >= 4 is 65.3 Å². The first-order valence-corrected chi connectivity index (χ1v) is 17.7. The van der Waals surface area contributed by atoms with Crippen LogP contribution >= 0.6 is 0 Å². The normalized spacial score (nSPS) is 11.8. The van der Waals surface area contributed by atoms with Crippen molar-refractivity contribution in [1.29, 1.82) is 0 Å². The summed E-state index contributed by atoms with van der Waals surface area (Å²) in [6.45, 7) is 0. The smallest absolute Gasteiger partial charge is 0.161 e. The Labute approximate surface area is 299 Å². The van der Waals surface area contributed by atoms with E-state index in [0.717, 1.165) is 55.7 Å². The molecule has 242 valence electrons. The molecule has 4 heteroatoms. The van der Waals surface area contributed by atoms with Crippen molar-refractivity contribution in [2.75, 3.05) is 0 Å². The molecule has 0 spiro atoms. The van der Waals surface area contributed by atoms with Gasteiger partial charge in [0.05, 0.1) is 33.3 Å². The third-order valence-electron chi connectivity index (χ3n) is 10.5. The van der Waals surface area contributed by atoms with Gasteiger partial charge >= 0.3 is 0 Å². The lowest BCUT2D eigenvalue weighted by Gasteiger charge is -2.13. The topological polar surface area (TPSA) is 35.6 Å². The molecule has 0 amide bonds. The first-order valence-electron chi connectivity index (χ1n) is 17.7. The second kappa shape index (κ2) is 11.2. The molecule has 52 heavy (non-hydrogen) atoms. The van der Waals surface area contributed by atoms with E-state index in [1.165, 1.54) is 43.6 Å². The van der Waals surface area contributed by atoms with Gasteiger partial charge in [-0.2, -0.15) is 0 Å². The molecule has 3 heterocycles. The van der Waals surface area contributed by atoms with Crippen LogP contribution in [0.5, 0.6) is 0 Å². The molecule has 8 aromatic carbocycles. The summed E-state index contributed by atoms with van der Waals surface area (Å²) in [4.78, 5) is 10.3. The van der Waals surface area contributed by atoms with Crippen LogP contribution in [0.3, 0.4) is 0 Å². The molecule has 0 aliphatic rings. The van der Waals surface area contributed by atoms with Crippen LogP contribution in [0, 0.1) is 0 Å². The van der Waals surface area contributed by atoms with Crippen molar-refractivity contribution in [3.8, 4) is 34.0 Å². The van der Waals surface area contributed by atoms with E-state index in [9.17, 15) is 0 Å². The summed E-state index contributed by atoms with van der Waals surface area (Å²) in [6, 6.07) is 64.8. The fraction of sp³-hybridized carbons (Fsp3) is 0. The second-order valence-corrected chi connectivity index (χ2v) is 13.4. The number of hydrogen-bond donors (Lipinski definition) is 0. The highest BCUT2D eigenvalue weighted by molar-refractivity contribution is 6.29. The first-order chi connectivity index (χ1) is 25.8. The minimum Gasteiger partial charge on any atom is -0.309 e. The van der Waals surface area contributed by atoms with Gasteiger partial charge in [-0.05, 0) is 65.4 Å². The standard InChI is InChI=1S/C48H30N4/c1-3-14-31(15-4-1)47-37-19-7-10-23-40(37)49-48(50-47)36-22-13-16-32-30-34(26-27-35(32)36)52-42-25-12-9-21-39(42)46-44(52)29-28-43-45(46)38-20-8-11-24-41(38)51(43)33-17-5-2-6-18-33/h1-30H. The van der Waals surface area contributed by atoms with Crippen LogP contribution in [0.25, 0.3) is 99.3 Å². The third kappa shape index (κ3) is 4.21. The quantitative estimate of drug-likeness (QED) is 0.188. The minimum atomic E-state index is 0.727. The van der Waals surface area contributed by atoms with Gasteiger partial charge in [0.25, 0.3) is 0 Å². The average Bonchev–Trinajstić information content (AvgIpc) is 3.73. The molecule has 4 nitrogen and oxygen atoms in total. The van der Waals surface area contributed by atoms with Crippen molar-refractivity contribution < 1.29 is 0 Å². The van der Waals surface area contributed by atoms with Crippen LogP contribution in [0.4, 0.5) is 0 Å². The predicted octanol–water partition coefficient (Wildman–Crippen LogP) is 12.3. The monoisotopic (exact) mass is 662 g/mol. The molecule has 0 saturated carbocycles. The molecule has 0 bridgehead atoms. The highest BCUT2D eigenvalue weighted by Crippen LogP contribution is 2.43. The number of rotatable bonds is 4. The zero-order valence-corrected chi connectivity index (χ0v) is 28.1. The summed E-state index contributed by atoms with van der Waals surface area (Å²) >= 11 is 0. The molecule has 3 aromatic heterocycles. The number of aromatic nitrogens is 4. The summed E-state index contributed by atoms with van der Waals surface area (Å²) < 4.78 is 4.82. The third-order valence-corrected chi connectivity index (χ3v) is 10.5. The fourth-order valence-electron chi connectivity index (χ4n) is 8.27. The Morgan fingerprint density at radius 3 is 1.67 bits per heavy atom. The lowest BCUT2D eigenvalue weighted by atomic mass is 10.0. The minimum absolute atomic E-state index is 0.727. The number of nitrogens with zero attached hydrogens (tertiary/aromatic N) is 4. The first kappa shape index (κ1) is 28.8. The van der Waals surface area contributed by atoms with Gasteiger partial charge in [-0.25, -0.2) is 9.97 Å². The number of fused-ring (bicyclic) bond motifs is 9. The molecule has 0 fully saturated rings. The molecular formula is C48H30N4. The molecule has 0 saturated heterocycles. The Morgan fingerprint density at radius 2 is 0.962 bits per heavy atom. The average molecular weight is 663 g/mol. The maximum Gasteiger partial charge on any atom is 0.161 e. The Balaban J connectivity index is 1.14. The Hall–Kier alpha value is -7.04. The molecule has 0 atom stereocenters. The lowest BCUT2D eigenvalue weighted by molar-refractivity contribution is 1.17. The van der Waals surface area contributed by atoms with Crippen molar-refractivity contribution in [2.45, 2.75) is 0 Å². The SMILES string of the molecule is c1ccc(-c2nc(-c3cccc4cc(-n5c6ccccc6c6c7c8ccccc8n(-c8ccccc8)c7ccc65)ccc34)nc3ccccc23)cc1. The zero-order valence-electron chi connectivity index (χ0n) is 28.1. The maximum absolute atomic E-state index is 5.21. The van der Waals surface area contributed by atoms with E-state index in [-0.39, 0.29) is 0 Å². The Morgan fingerprint density at radius 1 is 0.365 bits per heavy atom. The van der Waals surface area contributed by atoms with E-state index in [0.29, 0.717) is 0 Å². The maximum atomic E-state index is 5.21. The van der Waals surface area contributed by atoms with Crippen molar-refractivity contribution in [3.63, 3.8) is 0 Å². The van der Waals surface area contributed by atoms with Crippen molar-refractivity contribution in [3.05, 3.63) is 182 Å². The van der Waals surface area contributed by atoms with E-state index in [1.54, 1.807) is 0 Å². The number of hydrogen-bond acceptors (Lipinski definition) is 2. The van der Waals surface area contributed by atoms with Crippen LogP contribution < -0.4 is 0 Å². The van der Waals surface area contributed by atoms with Crippen molar-refractivity contribution in [2.24, 2.45) is 0 Å². The van der Waals surface area contributed by atoms with E-state index < -0.39 is 0 Å². The molecule has 0 radical (unpaired) electrons. The van der Waals surface area contributed by atoms with Crippen molar-refractivity contribution in [1.82, 2.24) is 19.1 Å².